The van der Waals surface area contributed by atoms with Gasteiger partial charge in [0.05, 0.1) is 5.56 Å². The maximum atomic E-state index is 12.8. The first-order valence-electron chi connectivity index (χ1n) is 8.27. The molecule has 0 aliphatic carbocycles. The van der Waals surface area contributed by atoms with E-state index in [2.05, 4.69) is 16.8 Å². The van der Waals surface area contributed by atoms with Crippen molar-refractivity contribution >= 4 is 5.91 Å². The Labute approximate surface area is 132 Å². The zero-order valence-corrected chi connectivity index (χ0v) is 13.3. The molecule has 2 fully saturated rings. The number of likely N-dealkylation sites (N-methyl/N-ethyl adjacent to an activating group) is 1. The van der Waals surface area contributed by atoms with Crippen LogP contribution in [0.25, 0.3) is 0 Å². The molecule has 5 heteroatoms. The van der Waals surface area contributed by atoms with E-state index in [-0.39, 0.29) is 11.4 Å². The Morgan fingerprint density at radius 1 is 1.36 bits per heavy atom. The number of hydrogen-bond donors (Lipinski definition) is 0. The smallest absolute Gasteiger partial charge is 0.255 e. The van der Waals surface area contributed by atoms with E-state index in [4.69, 9.17) is 4.74 Å². The second-order valence-corrected chi connectivity index (χ2v) is 6.24. The molecular weight excluding hydrogens is 278 g/mol. The first kappa shape index (κ1) is 15.4. The highest BCUT2D eigenvalue weighted by Gasteiger charge is 2.41. The molecule has 0 radical (unpaired) electrons. The standard InChI is InChI=1S/C17H25N3O2/c1-2-20-10-4-9-19(14-17(20)6-11-22-12-7-17)16(21)15-5-3-8-18-13-15/h3,5,8,13H,2,4,6-7,9-12,14H2,1H3. The lowest BCUT2D eigenvalue weighted by Crippen LogP contribution is -2.57. The minimum absolute atomic E-state index is 0.0847. The molecule has 22 heavy (non-hydrogen) atoms. The summed E-state index contributed by atoms with van der Waals surface area (Å²) >= 11 is 0. The topological polar surface area (TPSA) is 45.7 Å². The van der Waals surface area contributed by atoms with Crippen LogP contribution in [-0.4, -0.2) is 65.6 Å². The van der Waals surface area contributed by atoms with Gasteiger partial charge in [-0.05, 0) is 37.9 Å². The Bertz CT molecular complexity index is 500. The Hall–Kier alpha value is -1.46. The molecule has 0 N–H and O–H groups in total. The summed E-state index contributed by atoms with van der Waals surface area (Å²) in [4.78, 5) is 21.5. The average molecular weight is 303 g/mol. The molecular formula is C17H25N3O2. The number of amides is 1. The van der Waals surface area contributed by atoms with Crippen molar-refractivity contribution in [3.05, 3.63) is 30.1 Å². The number of pyridine rings is 1. The van der Waals surface area contributed by atoms with E-state index < -0.39 is 0 Å². The van der Waals surface area contributed by atoms with Crippen LogP contribution in [0.15, 0.2) is 24.5 Å². The second kappa shape index (κ2) is 6.75. The first-order valence-corrected chi connectivity index (χ1v) is 8.27. The molecule has 5 nitrogen and oxygen atoms in total. The van der Waals surface area contributed by atoms with Crippen LogP contribution in [0.1, 0.15) is 36.5 Å². The molecule has 1 amide bonds. The van der Waals surface area contributed by atoms with E-state index >= 15 is 0 Å². The van der Waals surface area contributed by atoms with Gasteiger partial charge in [-0.25, -0.2) is 0 Å². The molecule has 2 aliphatic rings. The van der Waals surface area contributed by atoms with E-state index in [0.29, 0.717) is 5.56 Å². The predicted molar refractivity (Wildman–Crippen MR) is 84.8 cm³/mol. The quantitative estimate of drug-likeness (QED) is 0.836. The van der Waals surface area contributed by atoms with Crippen molar-refractivity contribution in [1.82, 2.24) is 14.8 Å². The van der Waals surface area contributed by atoms with Crippen molar-refractivity contribution in [3.63, 3.8) is 0 Å². The SMILES string of the molecule is CCN1CCCN(C(=O)c2cccnc2)CC12CCOCC2. The van der Waals surface area contributed by atoms with Gasteiger partial charge in [0.2, 0.25) is 0 Å². The maximum Gasteiger partial charge on any atom is 0.255 e. The van der Waals surface area contributed by atoms with E-state index in [0.717, 1.165) is 58.7 Å². The summed E-state index contributed by atoms with van der Waals surface area (Å²) in [6, 6.07) is 3.68. The van der Waals surface area contributed by atoms with E-state index in [9.17, 15) is 4.79 Å². The predicted octanol–water partition coefficient (Wildman–Crippen LogP) is 1.80. The van der Waals surface area contributed by atoms with Gasteiger partial charge in [0.1, 0.15) is 0 Å². The van der Waals surface area contributed by atoms with Gasteiger partial charge >= 0.3 is 0 Å². The van der Waals surface area contributed by atoms with Crippen molar-refractivity contribution in [3.8, 4) is 0 Å². The fourth-order valence-corrected chi connectivity index (χ4v) is 3.79. The van der Waals surface area contributed by atoms with Crippen LogP contribution in [-0.2, 0) is 4.74 Å². The largest absolute Gasteiger partial charge is 0.381 e. The summed E-state index contributed by atoms with van der Waals surface area (Å²) in [5.74, 6) is 0.108. The van der Waals surface area contributed by atoms with Gasteiger partial charge in [0.25, 0.3) is 5.91 Å². The number of carbonyl (C=O) groups is 1. The number of aromatic nitrogens is 1. The Balaban J connectivity index is 1.82. The first-order chi connectivity index (χ1) is 10.7. The Morgan fingerprint density at radius 3 is 2.86 bits per heavy atom. The van der Waals surface area contributed by atoms with Gasteiger partial charge in [-0.1, -0.05) is 6.92 Å². The second-order valence-electron chi connectivity index (χ2n) is 6.24. The van der Waals surface area contributed by atoms with Crippen molar-refractivity contribution in [2.24, 2.45) is 0 Å². The third kappa shape index (κ3) is 3.01. The van der Waals surface area contributed by atoms with E-state index in [1.54, 1.807) is 12.4 Å². The molecule has 1 aromatic rings. The zero-order valence-electron chi connectivity index (χ0n) is 13.3. The third-order valence-electron chi connectivity index (χ3n) is 5.01. The zero-order chi connectivity index (χ0) is 15.4. The average Bonchev–Trinajstić information content (AvgIpc) is 2.75. The van der Waals surface area contributed by atoms with Crippen LogP contribution in [0, 0.1) is 0 Å². The molecule has 0 aromatic carbocycles. The molecule has 0 bridgehead atoms. The molecule has 1 spiro atoms. The summed E-state index contributed by atoms with van der Waals surface area (Å²) in [5, 5.41) is 0. The van der Waals surface area contributed by atoms with E-state index in [1.807, 2.05) is 17.0 Å². The summed E-state index contributed by atoms with van der Waals surface area (Å²) in [6.45, 7) is 7.54. The third-order valence-corrected chi connectivity index (χ3v) is 5.01. The molecule has 1 aromatic heterocycles. The van der Waals surface area contributed by atoms with Crippen LogP contribution in [0.4, 0.5) is 0 Å². The van der Waals surface area contributed by atoms with Crippen molar-refractivity contribution < 1.29 is 9.53 Å². The maximum absolute atomic E-state index is 12.8. The highest BCUT2D eigenvalue weighted by Crippen LogP contribution is 2.31. The molecule has 0 atom stereocenters. The lowest BCUT2D eigenvalue weighted by Gasteiger charge is -2.46. The molecule has 3 heterocycles. The highest BCUT2D eigenvalue weighted by atomic mass is 16.5. The number of rotatable bonds is 2. The molecule has 2 saturated heterocycles. The summed E-state index contributed by atoms with van der Waals surface area (Å²) in [7, 11) is 0. The minimum atomic E-state index is 0.0847. The van der Waals surface area contributed by atoms with E-state index in [1.165, 1.54) is 0 Å². The number of nitrogens with zero attached hydrogens (tertiary/aromatic N) is 3. The van der Waals surface area contributed by atoms with Gasteiger partial charge in [0.15, 0.2) is 0 Å². The highest BCUT2D eigenvalue weighted by molar-refractivity contribution is 5.94. The Kier molecular flexibility index (Phi) is 4.74. The molecule has 0 saturated carbocycles. The molecule has 2 aliphatic heterocycles. The van der Waals surface area contributed by atoms with Crippen molar-refractivity contribution in [2.45, 2.75) is 31.7 Å². The normalized spacial score (nSPS) is 22.5. The summed E-state index contributed by atoms with van der Waals surface area (Å²) in [5.41, 5.74) is 0.774. The molecule has 0 unspecified atom stereocenters. The Morgan fingerprint density at radius 2 is 2.18 bits per heavy atom. The van der Waals surface area contributed by atoms with Gasteiger partial charge in [0, 0.05) is 50.8 Å². The lowest BCUT2D eigenvalue weighted by atomic mass is 9.87. The van der Waals surface area contributed by atoms with Gasteiger partial charge in [-0.15, -0.1) is 0 Å². The van der Waals surface area contributed by atoms with Crippen LogP contribution in [0.2, 0.25) is 0 Å². The minimum Gasteiger partial charge on any atom is -0.381 e. The number of carbonyl (C=O) groups excluding carboxylic acids is 1. The summed E-state index contributed by atoms with van der Waals surface area (Å²) < 4.78 is 5.57. The fraction of sp³-hybridized carbons (Fsp3) is 0.647. The molecule has 120 valence electrons. The van der Waals surface area contributed by atoms with Crippen LogP contribution < -0.4 is 0 Å². The number of ether oxygens (including phenoxy) is 1. The fourth-order valence-electron chi connectivity index (χ4n) is 3.79. The lowest BCUT2D eigenvalue weighted by molar-refractivity contribution is -0.0307. The summed E-state index contributed by atoms with van der Waals surface area (Å²) in [6.07, 6.45) is 6.43. The van der Waals surface area contributed by atoms with Gasteiger partial charge in [-0.3, -0.25) is 14.7 Å². The van der Waals surface area contributed by atoms with Crippen LogP contribution in [0.5, 0.6) is 0 Å². The van der Waals surface area contributed by atoms with Gasteiger partial charge in [-0.2, -0.15) is 0 Å². The van der Waals surface area contributed by atoms with Crippen molar-refractivity contribution in [2.75, 3.05) is 39.4 Å². The van der Waals surface area contributed by atoms with Crippen LogP contribution in [0.3, 0.4) is 0 Å². The van der Waals surface area contributed by atoms with Crippen LogP contribution >= 0.6 is 0 Å². The molecule has 3 rings (SSSR count). The monoisotopic (exact) mass is 303 g/mol. The van der Waals surface area contributed by atoms with Gasteiger partial charge < -0.3 is 9.64 Å². The number of hydrogen-bond acceptors (Lipinski definition) is 4. The van der Waals surface area contributed by atoms with Crippen molar-refractivity contribution in [1.29, 1.82) is 0 Å².